The fourth-order valence-electron chi connectivity index (χ4n) is 6.52. The van der Waals surface area contributed by atoms with Crippen molar-refractivity contribution in [3.63, 3.8) is 0 Å². The molecular formula is C34H37N3O7. The molecule has 4 amide bonds. The molecule has 0 bridgehead atoms. The lowest BCUT2D eigenvalue weighted by atomic mass is 9.75. The summed E-state index contributed by atoms with van der Waals surface area (Å²) in [6.07, 6.45) is 2.81. The summed E-state index contributed by atoms with van der Waals surface area (Å²) in [7, 11) is 3.07. The summed E-state index contributed by atoms with van der Waals surface area (Å²) >= 11 is 0. The minimum atomic E-state index is -1.09. The molecule has 0 radical (unpaired) electrons. The highest BCUT2D eigenvalue weighted by Gasteiger charge is 2.45. The normalized spacial score (nSPS) is 16.8. The number of amides is 4. The summed E-state index contributed by atoms with van der Waals surface area (Å²) < 4.78 is 5.20. The molecule has 10 heteroatoms. The van der Waals surface area contributed by atoms with E-state index >= 15 is 0 Å². The Labute approximate surface area is 255 Å². The predicted octanol–water partition coefficient (Wildman–Crippen LogP) is 3.96. The van der Waals surface area contributed by atoms with Gasteiger partial charge in [0.25, 0.3) is 11.8 Å². The lowest BCUT2D eigenvalue weighted by Gasteiger charge is -2.32. The number of nitrogens with zero attached hydrogens (tertiary/aromatic N) is 1. The number of ether oxygens (including phenoxy) is 1. The molecule has 44 heavy (non-hydrogen) atoms. The summed E-state index contributed by atoms with van der Waals surface area (Å²) in [4.78, 5) is 66.6. The van der Waals surface area contributed by atoms with Crippen LogP contribution in [0.5, 0.6) is 5.75 Å². The lowest BCUT2D eigenvalue weighted by Crippen LogP contribution is -2.52. The van der Waals surface area contributed by atoms with E-state index in [1.54, 1.807) is 31.4 Å². The van der Waals surface area contributed by atoms with E-state index in [9.17, 15) is 29.1 Å². The van der Waals surface area contributed by atoms with Crippen LogP contribution in [0.2, 0.25) is 0 Å². The summed E-state index contributed by atoms with van der Waals surface area (Å²) in [6.45, 7) is -0.0737. The topological polar surface area (TPSA) is 142 Å². The number of aliphatic carboxylic acids is 1. The van der Waals surface area contributed by atoms with Gasteiger partial charge in [0.15, 0.2) is 0 Å². The van der Waals surface area contributed by atoms with E-state index in [2.05, 4.69) is 10.6 Å². The molecule has 1 aliphatic carbocycles. The van der Waals surface area contributed by atoms with Gasteiger partial charge < -0.3 is 20.5 Å². The second-order valence-corrected chi connectivity index (χ2v) is 11.7. The van der Waals surface area contributed by atoms with Crippen molar-refractivity contribution in [1.82, 2.24) is 15.5 Å². The largest absolute Gasteiger partial charge is 0.497 e. The van der Waals surface area contributed by atoms with Gasteiger partial charge in [-0.1, -0.05) is 49.2 Å². The second-order valence-electron chi connectivity index (χ2n) is 11.7. The number of hydrogen-bond donors (Lipinski definition) is 3. The molecule has 3 N–H and O–H groups in total. The van der Waals surface area contributed by atoms with Gasteiger partial charge in [-0.3, -0.25) is 28.9 Å². The number of benzene rings is 3. The predicted molar refractivity (Wildman–Crippen MR) is 163 cm³/mol. The van der Waals surface area contributed by atoms with Crippen LogP contribution in [0, 0.1) is 11.3 Å². The summed E-state index contributed by atoms with van der Waals surface area (Å²) in [5, 5.41) is 17.4. The Balaban J connectivity index is 1.29. The highest BCUT2D eigenvalue weighted by Crippen LogP contribution is 2.44. The molecule has 1 aliphatic heterocycles. The summed E-state index contributed by atoms with van der Waals surface area (Å²) in [5.74, 6) is -2.98. The molecule has 1 heterocycles. The molecular weight excluding hydrogens is 562 g/mol. The molecule has 1 fully saturated rings. The third-order valence-corrected chi connectivity index (χ3v) is 9.03. The van der Waals surface area contributed by atoms with Gasteiger partial charge in [0.2, 0.25) is 11.8 Å². The SMILES string of the molecule is CNC(=O)C(Cc1ccc(OC)cc1)NC(=O)C1(CC(CCN2C(=O)c3cc4ccccc4cc3C2=O)C(=O)O)CCCC1. The maximum atomic E-state index is 13.9. The van der Waals surface area contributed by atoms with Crippen LogP contribution in [0.15, 0.2) is 60.7 Å². The number of methoxy groups -OCH3 is 1. The maximum absolute atomic E-state index is 13.9. The van der Waals surface area contributed by atoms with Crippen molar-refractivity contribution < 1.29 is 33.8 Å². The van der Waals surface area contributed by atoms with Gasteiger partial charge in [0, 0.05) is 20.0 Å². The smallest absolute Gasteiger partial charge is 0.306 e. The number of nitrogens with one attached hydrogen (secondary N) is 2. The molecule has 2 aliphatic rings. The van der Waals surface area contributed by atoms with E-state index in [4.69, 9.17) is 4.74 Å². The molecule has 10 nitrogen and oxygen atoms in total. The quantitative estimate of drug-likeness (QED) is 0.268. The van der Waals surface area contributed by atoms with Crippen LogP contribution in [-0.4, -0.2) is 66.3 Å². The molecule has 230 valence electrons. The van der Waals surface area contributed by atoms with Crippen molar-refractivity contribution in [2.75, 3.05) is 20.7 Å². The number of fused-ring (bicyclic) bond motifs is 2. The molecule has 5 rings (SSSR count). The fourth-order valence-corrected chi connectivity index (χ4v) is 6.52. The molecule has 3 aromatic carbocycles. The average Bonchev–Trinajstić information content (AvgIpc) is 3.60. The average molecular weight is 600 g/mol. The van der Waals surface area contributed by atoms with E-state index in [-0.39, 0.29) is 37.6 Å². The fraction of sp³-hybridized carbons (Fsp3) is 0.382. The Morgan fingerprint density at radius 3 is 2.07 bits per heavy atom. The minimum Gasteiger partial charge on any atom is -0.497 e. The van der Waals surface area contributed by atoms with E-state index in [0.29, 0.717) is 29.7 Å². The highest BCUT2D eigenvalue weighted by molar-refractivity contribution is 6.23. The molecule has 2 atom stereocenters. The van der Waals surface area contributed by atoms with Crippen LogP contribution < -0.4 is 15.4 Å². The number of likely N-dealkylation sites (N-methyl/N-ethyl adjacent to an activating group) is 1. The van der Waals surface area contributed by atoms with Crippen LogP contribution in [0.25, 0.3) is 10.8 Å². The number of hydrogen-bond acceptors (Lipinski definition) is 6. The summed E-state index contributed by atoms with van der Waals surface area (Å²) in [6, 6.07) is 17.2. The van der Waals surface area contributed by atoms with Crippen molar-refractivity contribution in [3.05, 3.63) is 77.4 Å². The first-order valence-corrected chi connectivity index (χ1v) is 14.9. The van der Waals surface area contributed by atoms with Gasteiger partial charge in [-0.15, -0.1) is 0 Å². The Hall–Kier alpha value is -4.73. The van der Waals surface area contributed by atoms with Crippen LogP contribution in [-0.2, 0) is 20.8 Å². The van der Waals surface area contributed by atoms with Gasteiger partial charge in [0.1, 0.15) is 11.8 Å². The number of rotatable bonds is 12. The number of carboxylic acids is 1. The number of imide groups is 1. The van der Waals surface area contributed by atoms with Gasteiger partial charge in [-0.05, 0) is 66.3 Å². The van der Waals surface area contributed by atoms with E-state index in [1.165, 1.54) is 7.05 Å². The Morgan fingerprint density at radius 1 is 0.955 bits per heavy atom. The number of carboxylic acid groups (broad SMARTS) is 1. The second kappa shape index (κ2) is 12.9. The number of carbonyl (C=O) groups excluding carboxylic acids is 4. The third kappa shape index (κ3) is 6.15. The molecule has 1 saturated carbocycles. The van der Waals surface area contributed by atoms with Gasteiger partial charge in [-0.25, -0.2) is 0 Å². The zero-order valence-electron chi connectivity index (χ0n) is 24.9. The first-order valence-electron chi connectivity index (χ1n) is 14.9. The van der Waals surface area contributed by atoms with Gasteiger partial charge in [0.05, 0.1) is 29.6 Å². The molecule has 0 spiro atoms. The standard InChI is InChI=1S/C34H37N3O7/c1-35-29(38)28(17-21-9-11-25(44-2)12-10-21)36-33(43)34(14-5-6-15-34)20-24(32(41)42)13-16-37-30(39)26-18-22-7-3-4-8-23(22)19-27(26)31(37)40/h3-4,7-12,18-19,24,28H,5-6,13-17,20H2,1-2H3,(H,35,38)(H,36,43)(H,41,42). The Morgan fingerprint density at radius 2 is 1.55 bits per heavy atom. The third-order valence-electron chi connectivity index (χ3n) is 9.03. The minimum absolute atomic E-state index is 0.0140. The number of carbonyl (C=O) groups is 5. The Bertz CT molecular complexity index is 1540. The van der Waals surface area contributed by atoms with Crippen LogP contribution in [0.1, 0.15) is 64.8 Å². The monoisotopic (exact) mass is 599 g/mol. The Kier molecular flexibility index (Phi) is 8.98. The zero-order chi connectivity index (χ0) is 31.4. The highest BCUT2D eigenvalue weighted by atomic mass is 16.5. The van der Waals surface area contributed by atoms with E-state index in [0.717, 1.165) is 34.1 Å². The summed E-state index contributed by atoms with van der Waals surface area (Å²) in [5.41, 5.74) is 0.473. The van der Waals surface area contributed by atoms with Crippen LogP contribution in [0.4, 0.5) is 0 Å². The van der Waals surface area contributed by atoms with Crippen LogP contribution in [0.3, 0.4) is 0 Å². The first-order chi connectivity index (χ1) is 21.2. The molecule has 0 aromatic heterocycles. The first kappa shape index (κ1) is 30.7. The van der Waals surface area contributed by atoms with Crippen molar-refractivity contribution in [2.45, 2.75) is 51.0 Å². The molecule has 2 unspecified atom stereocenters. The maximum Gasteiger partial charge on any atom is 0.306 e. The molecule has 3 aromatic rings. The van der Waals surface area contributed by atoms with Crippen LogP contribution >= 0.6 is 0 Å². The zero-order valence-corrected chi connectivity index (χ0v) is 24.9. The lowest BCUT2D eigenvalue weighted by molar-refractivity contribution is -0.145. The van der Waals surface area contributed by atoms with E-state index < -0.39 is 35.2 Å². The van der Waals surface area contributed by atoms with Crippen molar-refractivity contribution in [2.24, 2.45) is 11.3 Å². The van der Waals surface area contributed by atoms with Crippen molar-refractivity contribution in [3.8, 4) is 5.75 Å². The van der Waals surface area contributed by atoms with Crippen molar-refractivity contribution >= 4 is 40.4 Å². The van der Waals surface area contributed by atoms with Gasteiger partial charge >= 0.3 is 5.97 Å². The molecule has 0 saturated heterocycles. The van der Waals surface area contributed by atoms with E-state index in [1.807, 2.05) is 36.4 Å². The van der Waals surface area contributed by atoms with Crippen molar-refractivity contribution in [1.29, 1.82) is 0 Å². The van der Waals surface area contributed by atoms with Gasteiger partial charge in [-0.2, -0.15) is 0 Å².